The van der Waals surface area contributed by atoms with Crippen molar-refractivity contribution >= 4 is 10.1 Å². The van der Waals surface area contributed by atoms with Gasteiger partial charge < -0.3 is 9.66 Å². The summed E-state index contributed by atoms with van der Waals surface area (Å²) in [5.41, 5.74) is 0. The minimum atomic E-state index is -4.01. The Labute approximate surface area is 178 Å². The van der Waals surface area contributed by atoms with Crippen LogP contribution < -0.4 is 29.6 Å². The first-order valence-electron chi connectivity index (χ1n) is 10.1. The summed E-state index contributed by atoms with van der Waals surface area (Å²) in [6.45, 7) is 0.339. The van der Waals surface area contributed by atoms with Crippen molar-refractivity contribution in [2.24, 2.45) is 0 Å². The molecule has 0 fully saturated rings. The van der Waals surface area contributed by atoms with E-state index in [-0.39, 0.29) is 35.3 Å². The van der Waals surface area contributed by atoms with E-state index in [0.29, 0.717) is 13.0 Å². The van der Waals surface area contributed by atoms with Crippen molar-refractivity contribution in [3.8, 4) is 0 Å². The van der Waals surface area contributed by atoms with Gasteiger partial charge in [0.05, 0.1) is 10.1 Å². The van der Waals surface area contributed by atoms with E-state index in [1.165, 1.54) is 77.0 Å². The number of hydrogen-bond donors (Lipinski definition) is 1. The summed E-state index contributed by atoms with van der Waals surface area (Å²) in [7, 11) is -4.01. The Balaban J connectivity index is 0. The average Bonchev–Trinajstić information content (AvgIpc) is 2.52. The van der Waals surface area contributed by atoms with Crippen LogP contribution in [0.4, 0.5) is 0 Å². The molecule has 0 aromatic carbocycles. The van der Waals surface area contributed by atoms with E-state index in [1.807, 2.05) is 0 Å². The van der Waals surface area contributed by atoms with E-state index in [1.54, 1.807) is 0 Å². The SMILES string of the molecule is O=S(=O)([O-])CCCCCCCCCCCCCCCCCCCO.[Na+]. The minimum absolute atomic E-state index is 0. The molecule has 6 heteroatoms. The van der Waals surface area contributed by atoms with E-state index >= 15 is 0 Å². The third-order valence-corrected chi connectivity index (χ3v) is 5.34. The summed E-state index contributed by atoms with van der Waals surface area (Å²) in [4.78, 5) is 0. The summed E-state index contributed by atoms with van der Waals surface area (Å²) in [5, 5.41) is 8.69. The predicted octanol–water partition coefficient (Wildman–Crippen LogP) is 2.16. The maximum atomic E-state index is 10.4. The smallest absolute Gasteiger partial charge is 0.748 e. The topological polar surface area (TPSA) is 77.4 Å². The molecule has 4 nitrogen and oxygen atoms in total. The van der Waals surface area contributed by atoms with Gasteiger partial charge in [0, 0.05) is 12.4 Å². The van der Waals surface area contributed by atoms with E-state index in [9.17, 15) is 13.0 Å². The molecule has 25 heavy (non-hydrogen) atoms. The Morgan fingerprint density at radius 2 is 0.760 bits per heavy atom. The van der Waals surface area contributed by atoms with Crippen LogP contribution in [-0.2, 0) is 10.1 Å². The Morgan fingerprint density at radius 1 is 0.520 bits per heavy atom. The fourth-order valence-electron chi connectivity index (χ4n) is 3.04. The summed E-state index contributed by atoms with van der Waals surface area (Å²) < 4.78 is 31.3. The molecule has 0 aliphatic heterocycles. The third kappa shape index (κ3) is 27.2. The van der Waals surface area contributed by atoms with Crippen LogP contribution >= 0.6 is 0 Å². The van der Waals surface area contributed by atoms with E-state index in [4.69, 9.17) is 5.11 Å². The van der Waals surface area contributed by atoms with Crippen molar-refractivity contribution in [3.05, 3.63) is 0 Å². The zero-order valence-corrected chi connectivity index (χ0v) is 19.3. The van der Waals surface area contributed by atoms with Crippen LogP contribution in [0.5, 0.6) is 0 Å². The van der Waals surface area contributed by atoms with Gasteiger partial charge in [-0.25, -0.2) is 8.42 Å². The number of rotatable bonds is 19. The zero-order valence-electron chi connectivity index (χ0n) is 16.5. The minimum Gasteiger partial charge on any atom is -0.748 e. The Morgan fingerprint density at radius 3 is 1.00 bits per heavy atom. The molecule has 0 radical (unpaired) electrons. The van der Waals surface area contributed by atoms with Crippen molar-refractivity contribution in [3.63, 3.8) is 0 Å². The monoisotopic (exact) mass is 386 g/mol. The van der Waals surface area contributed by atoms with Crippen LogP contribution in [-0.4, -0.2) is 30.4 Å². The van der Waals surface area contributed by atoms with E-state index < -0.39 is 10.1 Å². The largest absolute Gasteiger partial charge is 1.00 e. The van der Waals surface area contributed by atoms with E-state index in [2.05, 4.69) is 0 Å². The maximum absolute atomic E-state index is 10.4. The molecule has 0 saturated heterocycles. The van der Waals surface area contributed by atoms with Crippen molar-refractivity contribution in [1.82, 2.24) is 0 Å². The fraction of sp³-hybridized carbons (Fsp3) is 1.00. The molecule has 0 spiro atoms. The van der Waals surface area contributed by atoms with Gasteiger partial charge >= 0.3 is 29.6 Å². The van der Waals surface area contributed by atoms with Crippen LogP contribution in [0.3, 0.4) is 0 Å². The molecular formula is C19H39NaO4S. The van der Waals surface area contributed by atoms with Gasteiger partial charge in [-0.1, -0.05) is 96.3 Å². The van der Waals surface area contributed by atoms with Crippen LogP contribution in [0.15, 0.2) is 0 Å². The van der Waals surface area contributed by atoms with Crippen molar-refractivity contribution in [2.45, 2.75) is 109 Å². The van der Waals surface area contributed by atoms with Crippen molar-refractivity contribution < 1.29 is 47.6 Å². The van der Waals surface area contributed by atoms with Crippen LogP contribution in [0.25, 0.3) is 0 Å². The molecule has 0 aromatic rings. The first-order chi connectivity index (χ1) is 11.6. The van der Waals surface area contributed by atoms with Gasteiger partial charge in [0.1, 0.15) is 0 Å². The molecule has 146 valence electrons. The predicted molar refractivity (Wildman–Crippen MR) is 100 cm³/mol. The summed E-state index contributed by atoms with van der Waals surface area (Å²) >= 11 is 0. The molecule has 0 unspecified atom stereocenters. The van der Waals surface area contributed by atoms with Gasteiger partial charge in [-0.05, 0) is 12.8 Å². The Bertz CT molecular complexity index is 347. The maximum Gasteiger partial charge on any atom is 1.00 e. The molecule has 0 aromatic heterocycles. The molecule has 0 rings (SSSR count). The van der Waals surface area contributed by atoms with Crippen LogP contribution in [0.2, 0.25) is 0 Å². The number of aliphatic hydroxyl groups is 1. The normalized spacial score (nSPS) is 11.4. The summed E-state index contributed by atoms with van der Waals surface area (Å²) in [6, 6.07) is 0. The zero-order chi connectivity index (χ0) is 17.9. The molecule has 0 atom stereocenters. The van der Waals surface area contributed by atoms with Crippen molar-refractivity contribution in [2.75, 3.05) is 12.4 Å². The molecule has 0 heterocycles. The molecule has 0 saturated carbocycles. The van der Waals surface area contributed by atoms with Gasteiger partial charge in [-0.2, -0.15) is 0 Å². The number of aliphatic hydroxyl groups excluding tert-OH is 1. The molecule has 0 bridgehead atoms. The Hall–Kier alpha value is 0.870. The molecule has 0 amide bonds. The van der Waals surface area contributed by atoms with Crippen LogP contribution in [0, 0.1) is 0 Å². The van der Waals surface area contributed by atoms with Gasteiger partial charge in [0.2, 0.25) is 0 Å². The van der Waals surface area contributed by atoms with Gasteiger partial charge in [0.15, 0.2) is 0 Å². The standard InChI is InChI=1S/C19H40O4S.Na/c20-18-16-14-12-10-8-6-4-2-1-3-5-7-9-11-13-15-17-19-24(21,22)23;/h20H,1-19H2,(H,21,22,23);/q;+1/p-1. The number of hydrogen-bond acceptors (Lipinski definition) is 4. The first kappa shape index (κ1) is 28.1. The van der Waals surface area contributed by atoms with Crippen LogP contribution in [0.1, 0.15) is 109 Å². The average molecular weight is 387 g/mol. The van der Waals surface area contributed by atoms with E-state index in [0.717, 1.165) is 25.7 Å². The van der Waals surface area contributed by atoms with Gasteiger partial charge in [-0.3, -0.25) is 0 Å². The molecule has 0 aliphatic carbocycles. The second-order valence-corrected chi connectivity index (χ2v) is 8.52. The molecular weight excluding hydrogens is 347 g/mol. The van der Waals surface area contributed by atoms with Crippen molar-refractivity contribution in [1.29, 1.82) is 0 Å². The number of unbranched alkanes of at least 4 members (excludes halogenated alkanes) is 16. The Kier molecular flexibility index (Phi) is 23.8. The van der Waals surface area contributed by atoms with Gasteiger partial charge in [0.25, 0.3) is 0 Å². The third-order valence-electron chi connectivity index (χ3n) is 4.55. The quantitative estimate of drug-likeness (QED) is 0.210. The second-order valence-electron chi connectivity index (χ2n) is 7.00. The fourth-order valence-corrected chi connectivity index (χ4v) is 3.60. The van der Waals surface area contributed by atoms with Gasteiger partial charge in [-0.15, -0.1) is 0 Å². The molecule has 1 N–H and O–H groups in total. The summed E-state index contributed by atoms with van der Waals surface area (Å²) in [5.74, 6) is -0.199. The summed E-state index contributed by atoms with van der Waals surface area (Å²) in [6.07, 6.45) is 20.3. The molecule has 0 aliphatic rings. The first-order valence-corrected chi connectivity index (χ1v) is 11.7. The second kappa shape index (κ2) is 21.2.